The Bertz CT molecular complexity index is 1370. The van der Waals surface area contributed by atoms with E-state index in [0.29, 0.717) is 17.9 Å². The normalized spacial score (nSPS) is 17.4. The number of nitrogens with zero attached hydrogens (tertiary/aromatic N) is 4. The van der Waals surface area contributed by atoms with Gasteiger partial charge in [0.05, 0.1) is 12.0 Å². The number of pyridine rings is 2. The third-order valence-corrected chi connectivity index (χ3v) is 7.09. The standard InChI is InChI=1S/C30H36N6O3/c1-6-8-25(22-10-7-9-18(2)13-22)34-30(39)36-27(24(28(36)37)16-21-11-12-32-26(31)17-21)29(38)35(5)23-14-19(3)33-20(4)15-23/h7,9-15,17,24-25,27H,6,8,16H2,1-5H3,(H2,31,32)(H,34,39)/t24-,25-,27+/m1/s1. The SMILES string of the molecule is CCC[C@@H](NC(=O)N1C(=O)[C@H](Cc2ccnc(N)c2)[C@H]1C(=O)N(C)c1cc(C)nc(C)c1)c1cccc(C)c1. The lowest BCUT2D eigenvalue weighted by Gasteiger charge is -2.46. The van der Waals surface area contributed by atoms with E-state index in [2.05, 4.69) is 15.3 Å². The van der Waals surface area contributed by atoms with E-state index in [1.54, 1.807) is 25.4 Å². The molecular weight excluding hydrogens is 492 g/mol. The first kappa shape index (κ1) is 27.8. The topological polar surface area (TPSA) is 122 Å². The summed E-state index contributed by atoms with van der Waals surface area (Å²) in [6, 6.07) is 13.2. The number of amides is 4. The summed E-state index contributed by atoms with van der Waals surface area (Å²) in [7, 11) is 1.66. The van der Waals surface area contributed by atoms with Gasteiger partial charge in [0.2, 0.25) is 5.91 Å². The Hall–Kier alpha value is -4.27. The Morgan fingerprint density at radius 1 is 1.10 bits per heavy atom. The van der Waals surface area contributed by atoms with Gasteiger partial charge in [-0.15, -0.1) is 0 Å². The van der Waals surface area contributed by atoms with Crippen LogP contribution in [0.5, 0.6) is 0 Å². The number of hydrogen-bond donors (Lipinski definition) is 2. The van der Waals surface area contributed by atoms with Gasteiger partial charge in [-0.3, -0.25) is 19.5 Å². The number of hydrogen-bond acceptors (Lipinski definition) is 6. The van der Waals surface area contributed by atoms with Crippen molar-refractivity contribution in [3.05, 3.63) is 82.8 Å². The maximum atomic E-state index is 13.9. The maximum absolute atomic E-state index is 13.9. The molecule has 0 bridgehead atoms. The summed E-state index contributed by atoms with van der Waals surface area (Å²) in [5.74, 6) is -1.11. The monoisotopic (exact) mass is 528 g/mol. The zero-order valence-corrected chi connectivity index (χ0v) is 23.1. The second-order valence-corrected chi connectivity index (χ2v) is 10.3. The number of nitrogens with one attached hydrogen (secondary N) is 1. The van der Waals surface area contributed by atoms with E-state index in [1.165, 1.54) is 4.90 Å². The Labute approximate surface area is 229 Å². The van der Waals surface area contributed by atoms with Crippen LogP contribution in [0.4, 0.5) is 16.3 Å². The van der Waals surface area contributed by atoms with Crippen molar-refractivity contribution in [2.45, 2.75) is 59.0 Å². The van der Waals surface area contributed by atoms with Crippen molar-refractivity contribution in [1.29, 1.82) is 0 Å². The van der Waals surface area contributed by atoms with Gasteiger partial charge in [-0.1, -0.05) is 43.2 Å². The van der Waals surface area contributed by atoms with E-state index in [9.17, 15) is 14.4 Å². The fourth-order valence-corrected chi connectivity index (χ4v) is 5.18. The third kappa shape index (κ3) is 6.08. The lowest BCUT2D eigenvalue weighted by molar-refractivity contribution is -0.156. The van der Waals surface area contributed by atoms with Crippen LogP contribution in [0.1, 0.15) is 53.9 Å². The Kier molecular flexibility index (Phi) is 8.28. The number of aromatic nitrogens is 2. The largest absolute Gasteiger partial charge is 0.384 e. The number of β-lactam (4-membered cyclic amide) rings is 1. The van der Waals surface area contributed by atoms with Gasteiger partial charge in [-0.05, 0) is 69.0 Å². The van der Waals surface area contributed by atoms with E-state index in [1.807, 2.05) is 64.1 Å². The summed E-state index contributed by atoms with van der Waals surface area (Å²) in [6.45, 7) is 7.76. The van der Waals surface area contributed by atoms with Crippen LogP contribution in [0.3, 0.4) is 0 Å². The summed E-state index contributed by atoms with van der Waals surface area (Å²) < 4.78 is 0. The predicted molar refractivity (Wildman–Crippen MR) is 151 cm³/mol. The number of likely N-dealkylation sites (tertiary alicyclic amines) is 1. The van der Waals surface area contributed by atoms with Crippen molar-refractivity contribution in [2.24, 2.45) is 5.92 Å². The van der Waals surface area contributed by atoms with Crippen LogP contribution in [0.2, 0.25) is 0 Å². The van der Waals surface area contributed by atoms with Crippen molar-refractivity contribution in [1.82, 2.24) is 20.2 Å². The van der Waals surface area contributed by atoms with Gasteiger partial charge >= 0.3 is 6.03 Å². The van der Waals surface area contributed by atoms with Crippen LogP contribution in [0.25, 0.3) is 0 Å². The summed E-state index contributed by atoms with van der Waals surface area (Å²) in [5, 5.41) is 3.02. The summed E-state index contributed by atoms with van der Waals surface area (Å²) in [6.07, 6.45) is 3.38. The fourth-order valence-electron chi connectivity index (χ4n) is 5.18. The molecular formula is C30H36N6O3. The molecule has 1 aliphatic rings. The van der Waals surface area contributed by atoms with Gasteiger partial charge in [0.25, 0.3) is 5.91 Å². The highest BCUT2D eigenvalue weighted by atomic mass is 16.2. The molecule has 3 N–H and O–H groups in total. The minimum atomic E-state index is -0.967. The average molecular weight is 529 g/mol. The number of aryl methyl sites for hydroxylation is 3. The molecule has 1 aliphatic heterocycles. The third-order valence-electron chi connectivity index (χ3n) is 7.09. The highest BCUT2D eigenvalue weighted by molar-refractivity contribution is 6.12. The minimum Gasteiger partial charge on any atom is -0.384 e. The van der Waals surface area contributed by atoms with Crippen LogP contribution in [-0.4, -0.2) is 45.8 Å². The molecule has 9 heteroatoms. The van der Waals surface area contributed by atoms with E-state index in [0.717, 1.165) is 39.4 Å². The number of urea groups is 1. The molecule has 9 nitrogen and oxygen atoms in total. The van der Waals surface area contributed by atoms with Crippen molar-refractivity contribution in [3.8, 4) is 0 Å². The Morgan fingerprint density at radius 2 is 1.82 bits per heavy atom. The second-order valence-electron chi connectivity index (χ2n) is 10.3. The van der Waals surface area contributed by atoms with E-state index < -0.39 is 23.9 Å². The van der Waals surface area contributed by atoms with Gasteiger partial charge in [-0.25, -0.2) is 9.78 Å². The number of nitrogen functional groups attached to an aromatic ring is 1. The van der Waals surface area contributed by atoms with Gasteiger partial charge in [0.1, 0.15) is 11.9 Å². The quantitative estimate of drug-likeness (QED) is 0.421. The summed E-state index contributed by atoms with van der Waals surface area (Å²) in [4.78, 5) is 51.9. The number of benzene rings is 1. The van der Waals surface area contributed by atoms with E-state index >= 15 is 0 Å². The molecule has 0 aliphatic carbocycles. The second kappa shape index (κ2) is 11.6. The van der Waals surface area contributed by atoms with Gasteiger partial charge in [-0.2, -0.15) is 0 Å². The molecule has 1 aromatic carbocycles. The number of imide groups is 1. The van der Waals surface area contributed by atoms with E-state index in [-0.39, 0.29) is 18.4 Å². The highest BCUT2D eigenvalue weighted by Gasteiger charge is 2.55. The van der Waals surface area contributed by atoms with Crippen LogP contribution in [0.15, 0.2) is 54.7 Å². The van der Waals surface area contributed by atoms with E-state index in [4.69, 9.17) is 5.73 Å². The molecule has 1 fully saturated rings. The molecule has 0 spiro atoms. The maximum Gasteiger partial charge on any atom is 0.325 e. The Balaban J connectivity index is 1.63. The van der Waals surface area contributed by atoms with Crippen LogP contribution in [-0.2, 0) is 16.0 Å². The van der Waals surface area contributed by atoms with Crippen molar-refractivity contribution in [2.75, 3.05) is 17.7 Å². The first-order chi connectivity index (χ1) is 18.6. The lowest BCUT2D eigenvalue weighted by Crippen LogP contribution is -2.70. The highest BCUT2D eigenvalue weighted by Crippen LogP contribution is 2.34. The molecule has 4 rings (SSSR count). The van der Waals surface area contributed by atoms with Crippen molar-refractivity contribution >= 4 is 29.4 Å². The van der Waals surface area contributed by atoms with Crippen LogP contribution in [0, 0.1) is 26.7 Å². The summed E-state index contributed by atoms with van der Waals surface area (Å²) >= 11 is 0. The molecule has 0 saturated carbocycles. The molecule has 4 amide bonds. The molecule has 0 radical (unpaired) electrons. The number of likely N-dealkylation sites (N-methyl/N-ethyl adjacent to an activating group) is 1. The zero-order chi connectivity index (χ0) is 28.3. The number of anilines is 2. The minimum absolute atomic E-state index is 0.268. The molecule has 204 valence electrons. The summed E-state index contributed by atoms with van der Waals surface area (Å²) in [5.41, 5.74) is 10.9. The number of carbonyl (C=O) groups excluding carboxylic acids is 3. The van der Waals surface area contributed by atoms with Crippen LogP contribution < -0.4 is 16.0 Å². The van der Waals surface area contributed by atoms with Crippen molar-refractivity contribution < 1.29 is 14.4 Å². The van der Waals surface area contributed by atoms with Crippen LogP contribution >= 0.6 is 0 Å². The van der Waals surface area contributed by atoms with Crippen molar-refractivity contribution in [3.63, 3.8) is 0 Å². The zero-order valence-electron chi connectivity index (χ0n) is 23.1. The first-order valence-electron chi connectivity index (χ1n) is 13.2. The smallest absolute Gasteiger partial charge is 0.325 e. The van der Waals surface area contributed by atoms with Gasteiger partial charge in [0.15, 0.2) is 0 Å². The number of rotatable bonds is 8. The fraction of sp³-hybridized carbons (Fsp3) is 0.367. The molecule has 2 aromatic heterocycles. The Morgan fingerprint density at radius 3 is 2.46 bits per heavy atom. The molecule has 3 heterocycles. The molecule has 1 saturated heterocycles. The molecule has 3 atom stereocenters. The average Bonchev–Trinajstić information content (AvgIpc) is 2.88. The first-order valence-corrected chi connectivity index (χ1v) is 13.2. The van der Waals surface area contributed by atoms with Gasteiger partial charge in [0, 0.05) is 30.3 Å². The van der Waals surface area contributed by atoms with Gasteiger partial charge < -0.3 is 16.0 Å². The molecule has 3 aromatic rings. The predicted octanol–water partition coefficient (Wildman–Crippen LogP) is 4.27. The number of nitrogens with two attached hydrogens (primary N) is 1. The molecule has 39 heavy (non-hydrogen) atoms. The lowest BCUT2D eigenvalue weighted by atomic mass is 9.81. The molecule has 0 unspecified atom stereocenters. The number of carbonyl (C=O) groups is 3.